The van der Waals surface area contributed by atoms with E-state index in [9.17, 15) is 4.79 Å². The van der Waals surface area contributed by atoms with Crippen molar-refractivity contribution in [3.8, 4) is 0 Å². The molecule has 13 heavy (non-hydrogen) atoms. The molecule has 0 N–H and O–H groups in total. The molecular formula is C10H17NOS. The third kappa shape index (κ3) is 2.50. The summed E-state index contributed by atoms with van der Waals surface area (Å²) in [4.78, 5) is 13.5. The zero-order chi connectivity index (χ0) is 10.0. The van der Waals surface area contributed by atoms with Crippen molar-refractivity contribution in [2.45, 2.75) is 32.4 Å². The van der Waals surface area contributed by atoms with Gasteiger partial charge in [0.2, 0.25) is 5.91 Å². The first-order valence-electron chi connectivity index (χ1n) is 4.64. The van der Waals surface area contributed by atoms with Crippen molar-refractivity contribution >= 4 is 18.5 Å². The largest absolute Gasteiger partial charge is 0.337 e. The molecule has 0 radical (unpaired) electrons. The van der Waals surface area contributed by atoms with Crippen molar-refractivity contribution in [2.75, 3.05) is 13.1 Å². The summed E-state index contributed by atoms with van der Waals surface area (Å²) in [6, 6.07) is 0. The maximum Gasteiger partial charge on any atom is 0.235 e. The van der Waals surface area contributed by atoms with Gasteiger partial charge in [-0.25, -0.2) is 0 Å². The normalized spacial score (nSPS) is 20.5. The molecule has 3 heteroatoms. The maximum absolute atomic E-state index is 11.6. The number of hydrogen-bond acceptors (Lipinski definition) is 2. The van der Waals surface area contributed by atoms with E-state index in [4.69, 9.17) is 0 Å². The minimum absolute atomic E-state index is 0.148. The molecule has 0 spiro atoms. The highest BCUT2D eigenvalue weighted by atomic mass is 32.1. The molecule has 0 bridgehead atoms. The Bertz CT molecular complexity index is 245. The summed E-state index contributed by atoms with van der Waals surface area (Å²) in [6.45, 7) is 7.70. The number of carbonyl (C=O) groups excluding carboxylic acids is 1. The van der Waals surface area contributed by atoms with E-state index in [0.717, 1.165) is 19.5 Å². The van der Waals surface area contributed by atoms with E-state index in [-0.39, 0.29) is 11.2 Å². The van der Waals surface area contributed by atoms with Crippen LogP contribution in [-0.4, -0.2) is 29.1 Å². The summed E-state index contributed by atoms with van der Waals surface area (Å²) < 4.78 is 0. The second-order valence-corrected chi connectivity index (χ2v) is 4.52. The minimum Gasteiger partial charge on any atom is -0.337 e. The Morgan fingerprint density at radius 2 is 2.08 bits per heavy atom. The maximum atomic E-state index is 11.6. The zero-order valence-electron chi connectivity index (χ0n) is 8.50. The Morgan fingerprint density at radius 3 is 2.54 bits per heavy atom. The third-order valence-corrected chi connectivity index (χ3v) is 2.80. The summed E-state index contributed by atoms with van der Waals surface area (Å²) in [5.41, 5.74) is 2.75. The van der Waals surface area contributed by atoms with Gasteiger partial charge in [0, 0.05) is 13.1 Å². The average molecular weight is 199 g/mol. The minimum atomic E-state index is -0.175. The lowest BCUT2D eigenvalue weighted by atomic mass is 10.0. The summed E-state index contributed by atoms with van der Waals surface area (Å²) >= 11 is 4.15. The Kier molecular flexibility index (Phi) is 3.42. The van der Waals surface area contributed by atoms with Gasteiger partial charge in [0.15, 0.2) is 0 Å². The summed E-state index contributed by atoms with van der Waals surface area (Å²) in [7, 11) is 0. The van der Waals surface area contributed by atoms with Crippen LogP contribution >= 0.6 is 12.6 Å². The van der Waals surface area contributed by atoms with Gasteiger partial charge in [0.25, 0.3) is 0 Å². The first-order valence-corrected chi connectivity index (χ1v) is 5.16. The van der Waals surface area contributed by atoms with Crippen LogP contribution in [0, 0.1) is 0 Å². The number of thiol groups is 1. The smallest absolute Gasteiger partial charge is 0.235 e. The fourth-order valence-electron chi connectivity index (χ4n) is 1.47. The Balaban J connectivity index is 2.63. The quantitative estimate of drug-likeness (QED) is 0.505. The molecule has 74 valence electrons. The third-order valence-electron chi connectivity index (χ3n) is 2.58. The molecule has 1 aliphatic heterocycles. The lowest BCUT2D eigenvalue weighted by Gasteiger charge is -2.29. The molecule has 0 aromatic heterocycles. The molecule has 1 aliphatic rings. The molecule has 1 heterocycles. The number of hydrogen-bond donors (Lipinski definition) is 1. The van der Waals surface area contributed by atoms with Crippen LogP contribution in [0.25, 0.3) is 0 Å². The van der Waals surface area contributed by atoms with Crippen LogP contribution in [0.5, 0.6) is 0 Å². The van der Waals surface area contributed by atoms with Crippen molar-refractivity contribution in [1.82, 2.24) is 4.90 Å². The Morgan fingerprint density at radius 1 is 1.46 bits per heavy atom. The van der Waals surface area contributed by atoms with Gasteiger partial charge in [0.1, 0.15) is 0 Å². The average Bonchev–Trinajstić information content (AvgIpc) is 2.08. The van der Waals surface area contributed by atoms with Crippen LogP contribution in [0.3, 0.4) is 0 Å². The monoisotopic (exact) mass is 199 g/mol. The molecule has 2 nitrogen and oxygen atoms in total. The molecule has 1 unspecified atom stereocenters. The van der Waals surface area contributed by atoms with Gasteiger partial charge in [-0.1, -0.05) is 11.1 Å². The molecule has 0 aliphatic carbocycles. The molecule has 1 amide bonds. The highest BCUT2D eigenvalue weighted by Crippen LogP contribution is 2.17. The Labute approximate surface area is 85.4 Å². The van der Waals surface area contributed by atoms with Crippen LogP contribution in [0.1, 0.15) is 27.2 Å². The van der Waals surface area contributed by atoms with Crippen LogP contribution < -0.4 is 0 Å². The van der Waals surface area contributed by atoms with Gasteiger partial charge in [-0.05, 0) is 27.2 Å². The predicted octanol–water partition coefficient (Wildman–Crippen LogP) is 1.87. The topological polar surface area (TPSA) is 20.3 Å². The predicted molar refractivity (Wildman–Crippen MR) is 58.0 cm³/mol. The fraction of sp³-hybridized carbons (Fsp3) is 0.700. The van der Waals surface area contributed by atoms with E-state index in [2.05, 4.69) is 26.5 Å². The van der Waals surface area contributed by atoms with Gasteiger partial charge in [0.05, 0.1) is 5.25 Å². The first-order chi connectivity index (χ1) is 6.02. The summed E-state index contributed by atoms with van der Waals surface area (Å²) in [5, 5.41) is -0.175. The van der Waals surface area contributed by atoms with E-state index in [1.54, 1.807) is 0 Å². The van der Waals surface area contributed by atoms with Gasteiger partial charge in [-0.3, -0.25) is 4.79 Å². The molecule has 0 saturated carbocycles. The molecule has 0 saturated heterocycles. The van der Waals surface area contributed by atoms with E-state index in [1.165, 1.54) is 11.1 Å². The highest BCUT2D eigenvalue weighted by Gasteiger charge is 2.21. The van der Waals surface area contributed by atoms with E-state index < -0.39 is 0 Å². The SMILES string of the molecule is CC1=C(C)CN(C(=O)C(C)S)CC1. The second-order valence-electron chi connectivity index (χ2n) is 3.75. The number of carbonyl (C=O) groups is 1. The fourth-order valence-corrected chi connectivity index (χ4v) is 1.63. The lowest BCUT2D eigenvalue weighted by molar-refractivity contribution is -0.130. The zero-order valence-corrected chi connectivity index (χ0v) is 9.40. The standard InChI is InChI=1S/C10H17NOS/c1-7-4-5-11(6-8(7)2)10(12)9(3)13/h9,13H,4-6H2,1-3H3. The van der Waals surface area contributed by atoms with E-state index in [1.807, 2.05) is 11.8 Å². The van der Waals surface area contributed by atoms with Gasteiger partial charge < -0.3 is 4.90 Å². The second kappa shape index (κ2) is 4.18. The number of nitrogens with zero attached hydrogens (tertiary/aromatic N) is 1. The van der Waals surface area contributed by atoms with Crippen LogP contribution in [-0.2, 0) is 4.79 Å². The van der Waals surface area contributed by atoms with Gasteiger partial charge >= 0.3 is 0 Å². The Hall–Kier alpha value is -0.440. The van der Waals surface area contributed by atoms with Gasteiger partial charge in [-0.15, -0.1) is 0 Å². The van der Waals surface area contributed by atoms with Crippen molar-refractivity contribution in [3.05, 3.63) is 11.1 Å². The van der Waals surface area contributed by atoms with Crippen LogP contribution in [0.4, 0.5) is 0 Å². The molecule has 0 aromatic carbocycles. The van der Waals surface area contributed by atoms with Gasteiger partial charge in [-0.2, -0.15) is 12.6 Å². The summed E-state index contributed by atoms with van der Waals surface area (Å²) in [5.74, 6) is 0.148. The number of rotatable bonds is 1. The molecule has 0 aromatic rings. The number of amides is 1. The lowest BCUT2D eigenvalue weighted by Crippen LogP contribution is -2.40. The highest BCUT2D eigenvalue weighted by molar-refractivity contribution is 7.81. The molecular weight excluding hydrogens is 182 g/mol. The molecule has 1 atom stereocenters. The summed E-state index contributed by atoms with van der Waals surface area (Å²) in [6.07, 6.45) is 1.01. The first kappa shape index (κ1) is 10.6. The van der Waals surface area contributed by atoms with Crippen LogP contribution in [0.2, 0.25) is 0 Å². The molecule has 0 fully saturated rings. The molecule has 1 rings (SSSR count). The van der Waals surface area contributed by atoms with E-state index >= 15 is 0 Å². The van der Waals surface area contributed by atoms with Crippen molar-refractivity contribution in [3.63, 3.8) is 0 Å². The van der Waals surface area contributed by atoms with Crippen molar-refractivity contribution in [1.29, 1.82) is 0 Å². The van der Waals surface area contributed by atoms with E-state index in [0.29, 0.717) is 0 Å². The van der Waals surface area contributed by atoms with Crippen molar-refractivity contribution < 1.29 is 4.79 Å². The van der Waals surface area contributed by atoms with Crippen molar-refractivity contribution in [2.24, 2.45) is 0 Å². The van der Waals surface area contributed by atoms with Crippen LogP contribution in [0.15, 0.2) is 11.1 Å².